The smallest absolute Gasteiger partial charge is 0.177 e. The van der Waals surface area contributed by atoms with Crippen molar-refractivity contribution < 1.29 is 4.74 Å². The Kier molecular flexibility index (Phi) is 2.44. The minimum Gasteiger partial charge on any atom is -0.378 e. The summed E-state index contributed by atoms with van der Waals surface area (Å²) in [7, 11) is 0. The van der Waals surface area contributed by atoms with Crippen LogP contribution in [0.1, 0.15) is 11.4 Å². The van der Waals surface area contributed by atoms with Crippen LogP contribution < -0.4 is 4.90 Å². The summed E-state index contributed by atoms with van der Waals surface area (Å²) in [6.07, 6.45) is 0. The van der Waals surface area contributed by atoms with E-state index >= 15 is 0 Å². The van der Waals surface area contributed by atoms with Crippen molar-refractivity contribution in [1.82, 2.24) is 19.8 Å². The van der Waals surface area contributed by atoms with Gasteiger partial charge < -0.3 is 9.64 Å². The van der Waals surface area contributed by atoms with Gasteiger partial charge in [0.1, 0.15) is 0 Å². The number of aromatic nitrogens is 4. The highest BCUT2D eigenvalue weighted by Gasteiger charge is 2.17. The first kappa shape index (κ1) is 10.5. The summed E-state index contributed by atoms with van der Waals surface area (Å²) in [4.78, 5) is 2.20. The molecule has 0 radical (unpaired) electrons. The molecule has 2 aromatic heterocycles. The Morgan fingerprint density at radius 2 is 1.94 bits per heavy atom. The van der Waals surface area contributed by atoms with E-state index in [2.05, 4.69) is 20.2 Å². The number of nitrogens with zero attached hydrogens (tertiary/aromatic N) is 5. The molecule has 1 aliphatic rings. The number of morpholine rings is 1. The molecule has 6 heteroatoms. The Hall–Kier alpha value is -1.69. The lowest BCUT2D eigenvalue weighted by Crippen LogP contribution is -2.37. The number of aryl methyl sites for hydroxylation is 2. The average molecular weight is 233 g/mol. The second-order valence-corrected chi connectivity index (χ2v) is 4.26. The molecule has 1 fully saturated rings. The van der Waals surface area contributed by atoms with E-state index in [0.717, 1.165) is 49.2 Å². The molecule has 0 atom stereocenters. The van der Waals surface area contributed by atoms with Gasteiger partial charge in [-0.3, -0.25) is 0 Å². The normalized spacial score (nSPS) is 16.7. The van der Waals surface area contributed by atoms with Crippen molar-refractivity contribution in [1.29, 1.82) is 0 Å². The molecule has 0 saturated carbocycles. The quantitative estimate of drug-likeness (QED) is 0.721. The van der Waals surface area contributed by atoms with Crippen LogP contribution in [-0.4, -0.2) is 46.1 Å². The summed E-state index contributed by atoms with van der Waals surface area (Å²) in [5.74, 6) is 0.906. The largest absolute Gasteiger partial charge is 0.378 e. The van der Waals surface area contributed by atoms with Crippen molar-refractivity contribution in [2.24, 2.45) is 0 Å². The van der Waals surface area contributed by atoms with Gasteiger partial charge in [0, 0.05) is 19.2 Å². The van der Waals surface area contributed by atoms with Gasteiger partial charge in [-0.15, -0.1) is 10.2 Å². The Labute approximate surface area is 99.2 Å². The van der Waals surface area contributed by atoms with E-state index < -0.39 is 0 Å². The maximum absolute atomic E-state index is 5.34. The monoisotopic (exact) mass is 233 g/mol. The van der Waals surface area contributed by atoms with Crippen molar-refractivity contribution in [3.63, 3.8) is 0 Å². The number of ether oxygens (including phenoxy) is 1. The number of hydrogen-bond acceptors (Lipinski definition) is 5. The Balaban J connectivity index is 2.06. The molecule has 6 nitrogen and oxygen atoms in total. The summed E-state index contributed by atoms with van der Waals surface area (Å²) in [5.41, 5.74) is 2.79. The molecule has 0 aromatic carbocycles. The van der Waals surface area contributed by atoms with Crippen molar-refractivity contribution in [2.45, 2.75) is 13.8 Å². The van der Waals surface area contributed by atoms with E-state index in [9.17, 15) is 0 Å². The highest BCUT2D eigenvalue weighted by molar-refractivity contribution is 5.49. The van der Waals surface area contributed by atoms with Crippen LogP contribution in [0.25, 0.3) is 5.65 Å². The predicted octanol–water partition coefficient (Wildman–Crippen LogP) is 0.578. The van der Waals surface area contributed by atoms with Gasteiger partial charge in [-0.05, 0) is 13.8 Å². The van der Waals surface area contributed by atoms with Gasteiger partial charge in [-0.25, -0.2) is 4.52 Å². The van der Waals surface area contributed by atoms with Crippen molar-refractivity contribution in [3.8, 4) is 0 Å². The van der Waals surface area contributed by atoms with Gasteiger partial charge >= 0.3 is 0 Å². The fourth-order valence-electron chi connectivity index (χ4n) is 2.14. The molecule has 1 aliphatic heterocycles. The maximum atomic E-state index is 5.34. The molecule has 0 N–H and O–H groups in total. The van der Waals surface area contributed by atoms with Gasteiger partial charge in [0.2, 0.25) is 0 Å². The number of rotatable bonds is 1. The average Bonchev–Trinajstić information content (AvgIpc) is 2.72. The Morgan fingerprint density at radius 1 is 1.18 bits per heavy atom. The van der Waals surface area contributed by atoms with Crippen LogP contribution in [0.2, 0.25) is 0 Å². The minimum absolute atomic E-state index is 0.747. The van der Waals surface area contributed by atoms with Crippen molar-refractivity contribution in [3.05, 3.63) is 17.5 Å². The molecule has 0 bridgehead atoms. The number of hydrogen-bond donors (Lipinski definition) is 0. The molecule has 0 unspecified atom stereocenters. The molecule has 90 valence electrons. The Morgan fingerprint density at radius 3 is 2.71 bits per heavy atom. The van der Waals surface area contributed by atoms with Crippen LogP contribution in [0, 0.1) is 13.8 Å². The molecule has 3 heterocycles. The molecule has 2 aromatic rings. The molecule has 0 aliphatic carbocycles. The second kappa shape index (κ2) is 3.96. The SMILES string of the molecule is Cc1cc2nnc(N3CCOCC3)c(C)n2n1. The third kappa shape index (κ3) is 1.74. The van der Waals surface area contributed by atoms with Crippen LogP contribution in [0.3, 0.4) is 0 Å². The molecule has 1 saturated heterocycles. The zero-order valence-corrected chi connectivity index (χ0v) is 10.1. The molecular weight excluding hydrogens is 218 g/mol. The van der Waals surface area contributed by atoms with Gasteiger partial charge in [-0.1, -0.05) is 0 Å². The highest BCUT2D eigenvalue weighted by atomic mass is 16.5. The van der Waals surface area contributed by atoms with Crippen molar-refractivity contribution >= 4 is 11.5 Å². The first-order chi connectivity index (χ1) is 8.25. The molecule has 0 spiro atoms. The third-order valence-corrected chi connectivity index (χ3v) is 3.01. The first-order valence-electron chi connectivity index (χ1n) is 5.78. The van der Waals surface area contributed by atoms with Gasteiger partial charge in [0.05, 0.1) is 24.6 Å². The standard InChI is InChI=1S/C11H15N5O/c1-8-7-10-12-13-11(9(2)16(10)14-8)15-3-5-17-6-4-15/h7H,3-6H2,1-2H3. The molecule has 17 heavy (non-hydrogen) atoms. The van der Waals surface area contributed by atoms with E-state index in [1.807, 2.05) is 24.4 Å². The number of fused-ring (bicyclic) bond motifs is 1. The third-order valence-electron chi connectivity index (χ3n) is 3.01. The predicted molar refractivity (Wildman–Crippen MR) is 63.3 cm³/mol. The second-order valence-electron chi connectivity index (χ2n) is 4.26. The summed E-state index contributed by atoms with van der Waals surface area (Å²) in [6, 6.07) is 1.93. The summed E-state index contributed by atoms with van der Waals surface area (Å²) in [5, 5.41) is 12.9. The fraction of sp³-hybridized carbons (Fsp3) is 0.545. The molecule has 0 amide bonds. The molecular formula is C11H15N5O. The maximum Gasteiger partial charge on any atom is 0.177 e. The first-order valence-corrected chi connectivity index (χ1v) is 5.78. The Bertz CT molecular complexity index is 544. The highest BCUT2D eigenvalue weighted by Crippen LogP contribution is 2.18. The lowest BCUT2D eigenvalue weighted by molar-refractivity contribution is 0.122. The zero-order chi connectivity index (χ0) is 11.8. The topological polar surface area (TPSA) is 55.5 Å². The van der Waals surface area contributed by atoms with Gasteiger partial charge in [0.25, 0.3) is 0 Å². The van der Waals surface area contributed by atoms with E-state index in [1.165, 1.54) is 0 Å². The summed E-state index contributed by atoms with van der Waals surface area (Å²) in [6.45, 7) is 7.21. The zero-order valence-electron chi connectivity index (χ0n) is 10.1. The van der Waals surface area contributed by atoms with Crippen molar-refractivity contribution in [2.75, 3.05) is 31.2 Å². The minimum atomic E-state index is 0.747. The van der Waals surface area contributed by atoms with Gasteiger partial charge in [-0.2, -0.15) is 5.10 Å². The fourth-order valence-corrected chi connectivity index (χ4v) is 2.14. The van der Waals surface area contributed by atoms with E-state index in [4.69, 9.17) is 4.74 Å². The van der Waals surface area contributed by atoms with Crippen LogP contribution in [-0.2, 0) is 4.74 Å². The van der Waals surface area contributed by atoms with Crippen LogP contribution in [0.15, 0.2) is 6.07 Å². The van der Waals surface area contributed by atoms with Crippen LogP contribution in [0.4, 0.5) is 5.82 Å². The molecule has 3 rings (SSSR count). The van der Waals surface area contributed by atoms with E-state index in [-0.39, 0.29) is 0 Å². The summed E-state index contributed by atoms with van der Waals surface area (Å²) < 4.78 is 7.19. The van der Waals surface area contributed by atoms with Crippen LogP contribution >= 0.6 is 0 Å². The lowest BCUT2D eigenvalue weighted by atomic mass is 10.3. The van der Waals surface area contributed by atoms with Gasteiger partial charge in [0.15, 0.2) is 11.5 Å². The van der Waals surface area contributed by atoms with E-state index in [1.54, 1.807) is 0 Å². The van der Waals surface area contributed by atoms with E-state index in [0.29, 0.717) is 0 Å². The number of anilines is 1. The lowest BCUT2D eigenvalue weighted by Gasteiger charge is -2.28. The summed E-state index contributed by atoms with van der Waals surface area (Å²) >= 11 is 0. The van der Waals surface area contributed by atoms with Crippen LogP contribution in [0.5, 0.6) is 0 Å².